The molecule has 1 unspecified atom stereocenters. The van der Waals surface area contributed by atoms with Crippen LogP contribution in [0.15, 0.2) is 18.2 Å². The van der Waals surface area contributed by atoms with Crippen LogP contribution in [0.1, 0.15) is 30.9 Å². The highest BCUT2D eigenvalue weighted by molar-refractivity contribution is 8.00. The molecule has 0 saturated heterocycles. The number of aliphatic hydroxyl groups excluding tert-OH is 1. The molecule has 1 fully saturated rings. The molecule has 1 saturated carbocycles. The SMILES string of the molecule is COc1ccc(OC)c(C(O)CNCC2(SC)CCC2)c1. The summed E-state index contributed by atoms with van der Waals surface area (Å²) in [7, 11) is 3.23. The first-order chi connectivity index (χ1) is 10.1. The average Bonchev–Trinajstić information content (AvgIpc) is 2.49. The molecule has 0 spiro atoms. The maximum absolute atomic E-state index is 10.4. The first kappa shape index (κ1) is 16.5. The van der Waals surface area contributed by atoms with Gasteiger partial charge in [-0.1, -0.05) is 6.42 Å². The Morgan fingerprint density at radius 1 is 1.33 bits per heavy atom. The lowest BCUT2D eigenvalue weighted by atomic mass is 9.84. The Labute approximate surface area is 131 Å². The van der Waals surface area contributed by atoms with Crippen LogP contribution in [-0.4, -0.2) is 43.4 Å². The maximum Gasteiger partial charge on any atom is 0.124 e. The van der Waals surface area contributed by atoms with Crippen LogP contribution in [-0.2, 0) is 0 Å². The van der Waals surface area contributed by atoms with Gasteiger partial charge in [-0.05, 0) is 37.3 Å². The molecule has 0 amide bonds. The summed E-state index contributed by atoms with van der Waals surface area (Å²) in [5.41, 5.74) is 0.760. The van der Waals surface area contributed by atoms with E-state index >= 15 is 0 Å². The van der Waals surface area contributed by atoms with E-state index in [0.29, 0.717) is 17.0 Å². The van der Waals surface area contributed by atoms with Gasteiger partial charge < -0.3 is 19.9 Å². The van der Waals surface area contributed by atoms with Crippen LogP contribution >= 0.6 is 11.8 Å². The highest BCUT2D eigenvalue weighted by atomic mass is 32.2. The molecule has 2 N–H and O–H groups in total. The summed E-state index contributed by atoms with van der Waals surface area (Å²) in [5, 5.41) is 13.8. The summed E-state index contributed by atoms with van der Waals surface area (Å²) in [6.45, 7) is 1.46. The van der Waals surface area contributed by atoms with Crippen molar-refractivity contribution in [1.82, 2.24) is 5.32 Å². The normalized spacial score (nSPS) is 17.9. The number of hydrogen-bond acceptors (Lipinski definition) is 5. The Balaban J connectivity index is 1.94. The van der Waals surface area contributed by atoms with Crippen molar-refractivity contribution in [3.05, 3.63) is 23.8 Å². The molecule has 1 aliphatic rings. The van der Waals surface area contributed by atoms with Gasteiger partial charge in [-0.15, -0.1) is 0 Å². The van der Waals surface area contributed by atoms with Crippen LogP contribution in [0.3, 0.4) is 0 Å². The van der Waals surface area contributed by atoms with E-state index in [0.717, 1.165) is 17.9 Å². The quantitative estimate of drug-likeness (QED) is 0.773. The molecule has 4 nitrogen and oxygen atoms in total. The zero-order valence-electron chi connectivity index (χ0n) is 13.0. The molecule has 118 valence electrons. The van der Waals surface area contributed by atoms with Crippen molar-refractivity contribution in [3.8, 4) is 11.5 Å². The molecule has 2 rings (SSSR count). The van der Waals surface area contributed by atoms with E-state index in [1.807, 2.05) is 30.0 Å². The lowest BCUT2D eigenvalue weighted by Gasteiger charge is -2.40. The third kappa shape index (κ3) is 3.84. The number of aliphatic hydroxyl groups is 1. The predicted molar refractivity (Wildman–Crippen MR) is 87.5 cm³/mol. The van der Waals surface area contributed by atoms with Crippen molar-refractivity contribution >= 4 is 11.8 Å². The average molecular weight is 311 g/mol. The smallest absolute Gasteiger partial charge is 0.124 e. The Morgan fingerprint density at radius 2 is 2.10 bits per heavy atom. The van der Waals surface area contributed by atoms with Crippen LogP contribution in [0.5, 0.6) is 11.5 Å². The van der Waals surface area contributed by atoms with Crippen LogP contribution in [0, 0.1) is 0 Å². The minimum Gasteiger partial charge on any atom is -0.497 e. The summed E-state index contributed by atoms with van der Waals surface area (Å²) in [6.07, 6.45) is 5.41. The van der Waals surface area contributed by atoms with Crippen molar-refractivity contribution in [2.45, 2.75) is 30.1 Å². The summed E-state index contributed by atoms with van der Waals surface area (Å²) in [4.78, 5) is 0. The molecule has 0 aromatic heterocycles. The van der Waals surface area contributed by atoms with Gasteiger partial charge in [0.15, 0.2) is 0 Å². The standard InChI is InChI=1S/C16H25NO3S/c1-19-12-5-6-15(20-2)13(9-12)14(18)10-17-11-16(21-3)7-4-8-16/h5-6,9,14,17-18H,4,7-8,10-11H2,1-3H3. The van der Waals surface area contributed by atoms with Gasteiger partial charge in [0.05, 0.1) is 20.3 Å². The topological polar surface area (TPSA) is 50.7 Å². The van der Waals surface area contributed by atoms with Crippen molar-refractivity contribution < 1.29 is 14.6 Å². The van der Waals surface area contributed by atoms with E-state index in [2.05, 4.69) is 11.6 Å². The number of hydrogen-bond donors (Lipinski definition) is 2. The van der Waals surface area contributed by atoms with Gasteiger partial charge in [0.1, 0.15) is 11.5 Å². The van der Waals surface area contributed by atoms with Gasteiger partial charge >= 0.3 is 0 Å². The summed E-state index contributed by atoms with van der Waals surface area (Å²) < 4.78 is 10.9. The largest absolute Gasteiger partial charge is 0.497 e. The van der Waals surface area contributed by atoms with Crippen LogP contribution < -0.4 is 14.8 Å². The first-order valence-electron chi connectivity index (χ1n) is 7.30. The van der Waals surface area contributed by atoms with Gasteiger partial charge in [0.25, 0.3) is 0 Å². The zero-order valence-corrected chi connectivity index (χ0v) is 13.8. The fourth-order valence-electron chi connectivity index (χ4n) is 2.67. The fraction of sp³-hybridized carbons (Fsp3) is 0.625. The van der Waals surface area contributed by atoms with Crippen molar-refractivity contribution in [2.24, 2.45) is 0 Å². The molecule has 1 aliphatic carbocycles. The highest BCUT2D eigenvalue weighted by Crippen LogP contribution is 2.42. The second kappa shape index (κ2) is 7.38. The Hall–Kier alpha value is -0.910. The molecule has 21 heavy (non-hydrogen) atoms. The Kier molecular flexibility index (Phi) is 5.79. The summed E-state index contributed by atoms with van der Waals surface area (Å²) in [5.74, 6) is 1.41. The Morgan fingerprint density at radius 3 is 2.62 bits per heavy atom. The van der Waals surface area contributed by atoms with Crippen LogP contribution in [0.4, 0.5) is 0 Å². The first-order valence-corrected chi connectivity index (χ1v) is 8.52. The molecule has 1 aromatic carbocycles. The number of thioether (sulfide) groups is 1. The third-order valence-corrected chi connectivity index (χ3v) is 5.70. The minimum atomic E-state index is -0.603. The number of nitrogens with one attached hydrogen (secondary N) is 1. The lowest BCUT2D eigenvalue weighted by Crippen LogP contribution is -2.44. The fourth-order valence-corrected chi connectivity index (χ4v) is 3.61. The van der Waals surface area contributed by atoms with Crippen LogP contribution in [0.25, 0.3) is 0 Å². The van der Waals surface area contributed by atoms with E-state index in [1.54, 1.807) is 14.2 Å². The van der Waals surface area contributed by atoms with E-state index in [4.69, 9.17) is 9.47 Å². The van der Waals surface area contributed by atoms with Crippen molar-refractivity contribution in [2.75, 3.05) is 33.6 Å². The van der Waals surface area contributed by atoms with Gasteiger partial charge in [0, 0.05) is 23.4 Å². The van der Waals surface area contributed by atoms with Gasteiger partial charge in [0.2, 0.25) is 0 Å². The summed E-state index contributed by atoms with van der Waals surface area (Å²) >= 11 is 1.93. The van der Waals surface area contributed by atoms with Crippen LogP contribution in [0.2, 0.25) is 0 Å². The van der Waals surface area contributed by atoms with E-state index < -0.39 is 6.10 Å². The summed E-state index contributed by atoms with van der Waals surface area (Å²) in [6, 6.07) is 5.49. The van der Waals surface area contributed by atoms with Crippen molar-refractivity contribution in [3.63, 3.8) is 0 Å². The number of rotatable bonds is 8. The molecule has 1 aromatic rings. The molecule has 0 radical (unpaired) electrons. The third-order valence-electron chi connectivity index (χ3n) is 4.28. The molecular weight excluding hydrogens is 286 g/mol. The molecule has 0 heterocycles. The maximum atomic E-state index is 10.4. The van der Waals surface area contributed by atoms with Gasteiger partial charge in [-0.2, -0.15) is 11.8 Å². The zero-order chi connectivity index (χ0) is 15.3. The predicted octanol–water partition coefficient (Wildman–Crippen LogP) is 2.61. The van der Waals surface area contributed by atoms with E-state index in [-0.39, 0.29) is 0 Å². The molecular formula is C16H25NO3S. The van der Waals surface area contributed by atoms with Gasteiger partial charge in [-0.25, -0.2) is 0 Å². The Bertz CT molecular complexity index is 457. The number of ether oxygens (including phenoxy) is 2. The monoisotopic (exact) mass is 311 g/mol. The minimum absolute atomic E-state index is 0.373. The molecule has 1 atom stereocenters. The molecule has 0 aliphatic heterocycles. The number of benzene rings is 1. The molecule has 5 heteroatoms. The second-order valence-electron chi connectivity index (χ2n) is 5.50. The van der Waals surface area contributed by atoms with E-state index in [1.165, 1.54) is 19.3 Å². The second-order valence-corrected chi connectivity index (χ2v) is 6.77. The van der Waals surface area contributed by atoms with E-state index in [9.17, 15) is 5.11 Å². The highest BCUT2D eigenvalue weighted by Gasteiger charge is 2.35. The van der Waals surface area contributed by atoms with Gasteiger partial charge in [-0.3, -0.25) is 0 Å². The lowest BCUT2D eigenvalue weighted by molar-refractivity contribution is 0.166. The molecule has 0 bridgehead atoms. The van der Waals surface area contributed by atoms with Crippen molar-refractivity contribution in [1.29, 1.82) is 0 Å². The number of methoxy groups -OCH3 is 2.